The van der Waals surface area contributed by atoms with Crippen LogP contribution < -0.4 is 5.73 Å². The van der Waals surface area contributed by atoms with Crippen LogP contribution >= 0.6 is 7.82 Å². The lowest BCUT2D eigenvalue weighted by Crippen LogP contribution is -2.34. The molecule has 0 aliphatic carbocycles. The molecule has 64 heavy (non-hydrogen) atoms. The molecule has 4 N–H and O–H groups in total. The van der Waals surface area contributed by atoms with Gasteiger partial charge in [0, 0.05) is 13.0 Å². The number of hydrogen-bond acceptors (Lipinski definition) is 8. The molecular formula is C53H88NO9P. The number of phosphoric acid groups is 1. The van der Waals surface area contributed by atoms with Gasteiger partial charge >= 0.3 is 19.8 Å². The molecule has 0 heterocycles. The van der Waals surface area contributed by atoms with Crippen LogP contribution in [0.2, 0.25) is 0 Å². The predicted octanol–water partition coefficient (Wildman–Crippen LogP) is 14.3. The maximum Gasteiger partial charge on any atom is 0.472 e. The van der Waals surface area contributed by atoms with Gasteiger partial charge in [0.15, 0.2) is 0 Å². The Labute approximate surface area is 389 Å². The van der Waals surface area contributed by atoms with E-state index in [9.17, 15) is 19.0 Å². The average Bonchev–Trinajstić information content (AvgIpc) is 3.28. The molecule has 364 valence electrons. The molecule has 0 aromatic rings. The first-order chi connectivity index (χ1) is 31.2. The van der Waals surface area contributed by atoms with Crippen molar-refractivity contribution in [3.8, 4) is 0 Å². The Kier molecular flexibility index (Phi) is 45.1. The summed E-state index contributed by atoms with van der Waals surface area (Å²) in [4.78, 5) is 33.6. The largest absolute Gasteiger partial charge is 0.480 e. The predicted molar refractivity (Wildman–Crippen MR) is 267 cm³/mol. The summed E-state index contributed by atoms with van der Waals surface area (Å²) < 4.78 is 33.4. The normalized spacial score (nSPS) is 14.7. The Hall–Kier alpha value is -3.37. The van der Waals surface area contributed by atoms with Gasteiger partial charge in [-0.1, -0.05) is 175 Å². The topological polar surface area (TPSA) is 155 Å². The molecule has 3 unspecified atom stereocenters. The Morgan fingerprint density at radius 3 is 1.36 bits per heavy atom. The zero-order chi connectivity index (χ0) is 46.9. The van der Waals surface area contributed by atoms with E-state index in [-0.39, 0.29) is 13.0 Å². The van der Waals surface area contributed by atoms with Crippen LogP contribution in [-0.2, 0) is 32.7 Å². The van der Waals surface area contributed by atoms with E-state index in [1.54, 1.807) is 0 Å². The van der Waals surface area contributed by atoms with Crippen LogP contribution in [0.1, 0.15) is 174 Å². The molecule has 10 nitrogen and oxygen atoms in total. The number of nitrogens with two attached hydrogens (primary N) is 1. The van der Waals surface area contributed by atoms with Crippen LogP contribution in [-0.4, -0.2) is 60.5 Å². The molecule has 0 fully saturated rings. The van der Waals surface area contributed by atoms with Crippen LogP contribution in [0.25, 0.3) is 0 Å². The number of phosphoric ester groups is 1. The van der Waals surface area contributed by atoms with Crippen molar-refractivity contribution in [2.75, 3.05) is 26.4 Å². The van der Waals surface area contributed by atoms with E-state index in [0.29, 0.717) is 13.0 Å². The van der Waals surface area contributed by atoms with Crippen molar-refractivity contribution in [3.05, 3.63) is 109 Å². The molecule has 0 aromatic carbocycles. The van der Waals surface area contributed by atoms with Crippen molar-refractivity contribution in [3.63, 3.8) is 0 Å². The second-order valence-electron chi connectivity index (χ2n) is 15.9. The highest BCUT2D eigenvalue weighted by Gasteiger charge is 2.27. The van der Waals surface area contributed by atoms with Gasteiger partial charge in [-0.3, -0.25) is 18.6 Å². The molecule has 0 rings (SSSR count). The number of carbonyl (C=O) groups is 2. The van der Waals surface area contributed by atoms with Crippen molar-refractivity contribution < 1.29 is 42.7 Å². The number of carbonyl (C=O) groups excluding carboxylic acids is 1. The van der Waals surface area contributed by atoms with Crippen LogP contribution in [0.4, 0.5) is 0 Å². The smallest absolute Gasteiger partial charge is 0.472 e. The lowest BCUT2D eigenvalue weighted by molar-refractivity contribution is -0.154. The van der Waals surface area contributed by atoms with Gasteiger partial charge in [0.1, 0.15) is 12.1 Å². The molecule has 0 aliphatic heterocycles. The molecule has 0 spiro atoms. The van der Waals surface area contributed by atoms with Gasteiger partial charge in [-0.15, -0.1) is 0 Å². The van der Waals surface area contributed by atoms with Crippen molar-refractivity contribution in [2.45, 2.75) is 187 Å². The highest BCUT2D eigenvalue weighted by molar-refractivity contribution is 7.47. The summed E-state index contributed by atoms with van der Waals surface area (Å²) in [5.74, 6) is -1.82. The van der Waals surface area contributed by atoms with Crippen molar-refractivity contribution in [2.24, 2.45) is 5.73 Å². The van der Waals surface area contributed by atoms with Gasteiger partial charge in [-0.05, 0) is 103 Å². The van der Waals surface area contributed by atoms with Gasteiger partial charge in [-0.2, -0.15) is 0 Å². The molecule has 11 heteroatoms. The number of carboxylic acids is 1. The molecule has 0 aromatic heterocycles. The third-order valence-electron chi connectivity index (χ3n) is 9.79. The quantitative estimate of drug-likeness (QED) is 0.0233. The minimum Gasteiger partial charge on any atom is -0.480 e. The van der Waals surface area contributed by atoms with Crippen molar-refractivity contribution in [1.29, 1.82) is 0 Å². The minimum absolute atomic E-state index is 0.0239. The molecular weight excluding hydrogens is 826 g/mol. The highest BCUT2D eigenvalue weighted by atomic mass is 31.2. The number of esters is 1. The standard InChI is InChI=1S/C53H88NO9P/c1-3-5-7-9-11-13-15-17-19-21-23-24-25-26-27-28-30-32-34-36-38-40-42-44-46-60-47-50(48-61-64(58,59)62-49-51(54)53(56)57)63-52(55)45-43-41-39-37-35-33-31-29-22-20-18-16-14-12-10-8-6-4-2/h5,7,11,13-14,16-17,19-20,22-24,26-27,30,32,36,38,50-51H,3-4,6,8-10,12,15,18,21,25,28-29,31,33-35,37,39-49,54H2,1-2H3,(H,56,57)(H,58,59)/b7-5-,13-11-,16-14-,19-17-,22-20-,24-23-,27-26-,32-30-,38-36-. The molecule has 0 bridgehead atoms. The number of ether oxygens (including phenoxy) is 2. The molecule has 0 saturated heterocycles. The lowest BCUT2D eigenvalue weighted by atomic mass is 10.1. The third-order valence-corrected chi connectivity index (χ3v) is 10.7. The van der Waals surface area contributed by atoms with Crippen LogP contribution in [0, 0.1) is 0 Å². The molecule has 0 amide bonds. The van der Waals surface area contributed by atoms with E-state index >= 15 is 0 Å². The van der Waals surface area contributed by atoms with E-state index in [0.717, 1.165) is 96.3 Å². The van der Waals surface area contributed by atoms with Gasteiger partial charge < -0.3 is 25.2 Å². The van der Waals surface area contributed by atoms with Gasteiger partial charge in [0.05, 0.1) is 19.8 Å². The lowest BCUT2D eigenvalue weighted by Gasteiger charge is -2.20. The fourth-order valence-corrected chi connectivity index (χ4v) is 6.80. The summed E-state index contributed by atoms with van der Waals surface area (Å²) in [6.45, 7) is 3.61. The fraction of sp³-hybridized carbons (Fsp3) is 0.623. The molecule has 0 saturated carbocycles. The van der Waals surface area contributed by atoms with Gasteiger partial charge in [0.2, 0.25) is 0 Å². The SMILES string of the molecule is CC/C=C\C/C=C\C/C=C\C/C=C\C/C=C\C/C=C\C/C=C\CCCCOCC(COP(=O)(O)OCC(N)C(=O)O)OC(=O)CCCCCCCCC/C=C\C/C=C\CCCCCC. The van der Waals surface area contributed by atoms with Crippen LogP contribution in [0.5, 0.6) is 0 Å². The summed E-state index contributed by atoms with van der Waals surface area (Å²) in [5, 5.41) is 8.92. The summed E-state index contributed by atoms with van der Waals surface area (Å²) in [6, 6.07) is -1.49. The molecule has 0 radical (unpaired) electrons. The average molecular weight is 914 g/mol. The fourth-order valence-electron chi connectivity index (χ4n) is 6.02. The monoisotopic (exact) mass is 914 g/mol. The summed E-state index contributed by atoms with van der Waals surface area (Å²) in [6.07, 6.45) is 64.3. The third kappa shape index (κ3) is 46.6. The molecule has 3 atom stereocenters. The van der Waals surface area contributed by atoms with Crippen molar-refractivity contribution in [1.82, 2.24) is 0 Å². The van der Waals surface area contributed by atoms with Crippen LogP contribution in [0.15, 0.2) is 109 Å². The van der Waals surface area contributed by atoms with Crippen molar-refractivity contribution >= 4 is 19.8 Å². The maximum absolute atomic E-state index is 12.7. The Balaban J connectivity index is 4.32. The first-order valence-electron chi connectivity index (χ1n) is 24.4. The van der Waals surface area contributed by atoms with E-state index in [4.69, 9.17) is 29.4 Å². The number of hydrogen-bond donors (Lipinski definition) is 3. The second-order valence-corrected chi connectivity index (χ2v) is 17.3. The highest BCUT2D eigenvalue weighted by Crippen LogP contribution is 2.43. The number of aliphatic carboxylic acids is 1. The Morgan fingerprint density at radius 1 is 0.516 bits per heavy atom. The zero-order valence-electron chi connectivity index (χ0n) is 39.8. The summed E-state index contributed by atoms with van der Waals surface area (Å²) >= 11 is 0. The van der Waals surface area contributed by atoms with E-state index < -0.39 is 45.1 Å². The molecule has 0 aliphatic rings. The number of carboxylic acid groups (broad SMARTS) is 1. The zero-order valence-corrected chi connectivity index (χ0v) is 40.7. The Morgan fingerprint density at radius 2 is 0.906 bits per heavy atom. The number of allylic oxidation sites excluding steroid dienone is 18. The first-order valence-corrected chi connectivity index (χ1v) is 25.9. The summed E-state index contributed by atoms with van der Waals surface area (Å²) in [5.41, 5.74) is 5.36. The first kappa shape index (κ1) is 60.6. The number of rotatable bonds is 45. The maximum atomic E-state index is 12.7. The van der Waals surface area contributed by atoms with Gasteiger partial charge in [-0.25, -0.2) is 4.57 Å². The summed E-state index contributed by atoms with van der Waals surface area (Å²) in [7, 11) is -4.64. The van der Waals surface area contributed by atoms with Crippen LogP contribution in [0.3, 0.4) is 0 Å². The minimum atomic E-state index is -4.64. The van der Waals surface area contributed by atoms with E-state index in [2.05, 4.69) is 123 Å². The van der Waals surface area contributed by atoms with E-state index in [1.807, 2.05) is 0 Å². The number of unbranched alkanes of at least 4 members (excludes halogenated alkanes) is 13. The Bertz CT molecular complexity index is 1430. The van der Waals surface area contributed by atoms with E-state index in [1.165, 1.54) is 51.4 Å². The van der Waals surface area contributed by atoms with Gasteiger partial charge in [0.25, 0.3) is 0 Å². The second kappa shape index (κ2) is 47.6.